The molecule has 24 heavy (non-hydrogen) atoms. The summed E-state index contributed by atoms with van der Waals surface area (Å²) >= 11 is 5.62. The Bertz CT molecular complexity index is 720. The predicted molar refractivity (Wildman–Crippen MR) is 80.4 cm³/mol. The van der Waals surface area contributed by atoms with E-state index in [4.69, 9.17) is 11.6 Å². The van der Waals surface area contributed by atoms with Crippen molar-refractivity contribution in [2.45, 2.75) is 12.9 Å². The summed E-state index contributed by atoms with van der Waals surface area (Å²) in [5, 5.41) is 5.05. The van der Waals surface area contributed by atoms with Gasteiger partial charge in [-0.05, 0) is 36.4 Å². The van der Waals surface area contributed by atoms with Gasteiger partial charge in [-0.3, -0.25) is 0 Å². The van der Waals surface area contributed by atoms with Crippen LogP contribution in [0.2, 0.25) is 5.02 Å². The summed E-state index contributed by atoms with van der Waals surface area (Å²) in [5.41, 5.74) is 0.488. The van der Waals surface area contributed by atoms with Crippen LogP contribution in [0.1, 0.15) is 5.56 Å². The first-order valence-corrected chi connectivity index (χ1v) is 6.95. The zero-order valence-electron chi connectivity index (χ0n) is 12.0. The van der Waals surface area contributed by atoms with Gasteiger partial charge in [-0.25, -0.2) is 9.18 Å². The maximum absolute atomic E-state index is 13.5. The summed E-state index contributed by atoms with van der Waals surface area (Å²) in [6.45, 7) is -0.0793. The van der Waals surface area contributed by atoms with E-state index in [9.17, 15) is 22.4 Å². The molecular formula is C15H11ClF4N2O2. The molecule has 0 atom stereocenters. The van der Waals surface area contributed by atoms with Gasteiger partial charge in [0.1, 0.15) is 11.6 Å². The van der Waals surface area contributed by atoms with Crippen LogP contribution in [0, 0.1) is 5.82 Å². The summed E-state index contributed by atoms with van der Waals surface area (Å²) in [7, 11) is 0. The van der Waals surface area contributed by atoms with Crippen LogP contribution in [0.25, 0.3) is 0 Å². The molecule has 0 bridgehead atoms. The first-order chi connectivity index (χ1) is 11.2. The number of amides is 2. The SMILES string of the molecule is O=C(NCc1ccc(Cl)cc1F)Nc1ccc(OC(F)(F)F)cc1. The predicted octanol–water partition coefficient (Wildman–Crippen LogP) is 4.70. The highest BCUT2D eigenvalue weighted by molar-refractivity contribution is 6.30. The normalized spacial score (nSPS) is 11.0. The molecule has 0 aliphatic carbocycles. The van der Waals surface area contributed by atoms with Crippen molar-refractivity contribution in [1.29, 1.82) is 0 Å². The Balaban J connectivity index is 1.88. The van der Waals surface area contributed by atoms with Gasteiger partial charge >= 0.3 is 12.4 Å². The molecule has 0 fully saturated rings. The number of hydrogen-bond acceptors (Lipinski definition) is 2. The molecule has 0 heterocycles. The number of alkyl halides is 3. The van der Waals surface area contributed by atoms with Crippen LogP contribution in [0.5, 0.6) is 5.75 Å². The molecule has 0 saturated heterocycles. The zero-order chi connectivity index (χ0) is 17.7. The number of nitrogens with one attached hydrogen (secondary N) is 2. The van der Waals surface area contributed by atoms with Gasteiger partial charge in [-0.1, -0.05) is 17.7 Å². The third-order valence-corrected chi connectivity index (χ3v) is 3.04. The maximum atomic E-state index is 13.5. The Morgan fingerprint density at radius 2 is 1.79 bits per heavy atom. The Hall–Kier alpha value is -2.48. The lowest BCUT2D eigenvalue weighted by atomic mass is 10.2. The Labute approximate surface area is 139 Å². The largest absolute Gasteiger partial charge is 0.573 e. The average molecular weight is 363 g/mol. The summed E-state index contributed by atoms with van der Waals surface area (Å²) in [6.07, 6.45) is -4.78. The van der Waals surface area contributed by atoms with Gasteiger partial charge in [0, 0.05) is 22.8 Å². The Morgan fingerprint density at radius 3 is 2.38 bits per heavy atom. The first kappa shape index (κ1) is 17.9. The van der Waals surface area contributed by atoms with E-state index in [1.165, 1.54) is 24.3 Å². The maximum Gasteiger partial charge on any atom is 0.573 e. The smallest absolute Gasteiger partial charge is 0.406 e. The van der Waals surface area contributed by atoms with Gasteiger partial charge in [-0.15, -0.1) is 13.2 Å². The molecule has 2 amide bonds. The average Bonchev–Trinajstić information content (AvgIpc) is 2.47. The van der Waals surface area contributed by atoms with E-state index in [1.54, 1.807) is 0 Å². The zero-order valence-corrected chi connectivity index (χ0v) is 12.7. The molecule has 9 heteroatoms. The molecule has 0 radical (unpaired) electrons. The number of ether oxygens (including phenoxy) is 1. The van der Waals surface area contributed by atoms with E-state index in [-0.39, 0.29) is 22.8 Å². The molecule has 0 aliphatic rings. The minimum absolute atomic E-state index is 0.0793. The molecule has 2 aromatic carbocycles. The number of carbonyl (C=O) groups is 1. The van der Waals surface area contributed by atoms with Crippen LogP contribution in [-0.2, 0) is 6.54 Å². The van der Waals surface area contributed by atoms with Gasteiger partial charge in [0.15, 0.2) is 0 Å². The summed E-state index contributed by atoms with van der Waals surface area (Å²) in [4.78, 5) is 11.7. The second-order valence-electron chi connectivity index (χ2n) is 4.62. The topological polar surface area (TPSA) is 50.4 Å². The fraction of sp³-hybridized carbons (Fsp3) is 0.133. The molecule has 0 aliphatic heterocycles. The molecule has 0 spiro atoms. The number of urea groups is 1. The summed E-state index contributed by atoms with van der Waals surface area (Å²) < 4.78 is 53.3. The summed E-state index contributed by atoms with van der Waals surface area (Å²) in [5.74, 6) is -0.965. The van der Waals surface area contributed by atoms with Crippen molar-refractivity contribution in [2.75, 3.05) is 5.32 Å². The van der Waals surface area contributed by atoms with Crippen LogP contribution in [-0.4, -0.2) is 12.4 Å². The minimum atomic E-state index is -4.78. The fourth-order valence-electron chi connectivity index (χ4n) is 1.76. The van der Waals surface area contributed by atoms with Gasteiger partial charge in [-0.2, -0.15) is 0 Å². The van der Waals surface area contributed by atoms with Crippen molar-refractivity contribution in [2.24, 2.45) is 0 Å². The molecule has 0 saturated carbocycles. The fourth-order valence-corrected chi connectivity index (χ4v) is 1.91. The van der Waals surface area contributed by atoms with E-state index in [0.717, 1.165) is 18.2 Å². The quantitative estimate of drug-likeness (QED) is 0.775. The number of hydrogen-bond donors (Lipinski definition) is 2. The molecular weight excluding hydrogens is 352 g/mol. The molecule has 128 valence electrons. The second kappa shape index (κ2) is 7.39. The van der Waals surface area contributed by atoms with Crippen LogP contribution in [0.4, 0.5) is 28.0 Å². The van der Waals surface area contributed by atoms with Gasteiger partial charge < -0.3 is 15.4 Å². The molecule has 4 nitrogen and oxygen atoms in total. The van der Waals surface area contributed by atoms with Crippen molar-refractivity contribution in [3.8, 4) is 5.75 Å². The number of halogens is 5. The highest BCUT2D eigenvalue weighted by atomic mass is 35.5. The molecule has 0 aromatic heterocycles. The highest BCUT2D eigenvalue weighted by Crippen LogP contribution is 2.23. The van der Waals surface area contributed by atoms with Crippen LogP contribution >= 0.6 is 11.6 Å². The van der Waals surface area contributed by atoms with Crippen molar-refractivity contribution >= 4 is 23.3 Å². The van der Waals surface area contributed by atoms with E-state index < -0.39 is 24.0 Å². The van der Waals surface area contributed by atoms with E-state index >= 15 is 0 Å². The van der Waals surface area contributed by atoms with Crippen molar-refractivity contribution in [3.05, 3.63) is 58.9 Å². The van der Waals surface area contributed by atoms with Crippen molar-refractivity contribution in [3.63, 3.8) is 0 Å². The Morgan fingerprint density at radius 1 is 1.12 bits per heavy atom. The Kier molecular flexibility index (Phi) is 5.50. The third-order valence-electron chi connectivity index (χ3n) is 2.80. The monoisotopic (exact) mass is 362 g/mol. The van der Waals surface area contributed by atoms with Crippen LogP contribution in [0.15, 0.2) is 42.5 Å². The lowest BCUT2D eigenvalue weighted by molar-refractivity contribution is -0.274. The van der Waals surface area contributed by atoms with Crippen molar-refractivity contribution < 1.29 is 27.1 Å². The second-order valence-corrected chi connectivity index (χ2v) is 5.05. The first-order valence-electron chi connectivity index (χ1n) is 6.57. The van der Waals surface area contributed by atoms with E-state index in [0.29, 0.717) is 0 Å². The lowest BCUT2D eigenvalue weighted by Gasteiger charge is -2.11. The van der Waals surface area contributed by atoms with Gasteiger partial charge in [0.25, 0.3) is 0 Å². The number of carbonyl (C=O) groups excluding carboxylic acids is 1. The number of anilines is 1. The molecule has 2 aromatic rings. The van der Waals surface area contributed by atoms with E-state index in [1.807, 2.05) is 0 Å². The van der Waals surface area contributed by atoms with E-state index in [2.05, 4.69) is 15.4 Å². The van der Waals surface area contributed by atoms with Crippen LogP contribution < -0.4 is 15.4 Å². The van der Waals surface area contributed by atoms with Gasteiger partial charge in [0.05, 0.1) is 0 Å². The van der Waals surface area contributed by atoms with Crippen LogP contribution in [0.3, 0.4) is 0 Å². The number of rotatable bonds is 4. The molecule has 2 rings (SSSR count). The third kappa shape index (κ3) is 5.62. The standard InChI is InChI=1S/C15H11ClF4N2O2/c16-10-2-1-9(13(17)7-10)8-21-14(23)22-11-3-5-12(6-4-11)24-15(18,19)20/h1-7H,8H2,(H2,21,22,23). The van der Waals surface area contributed by atoms with Crippen molar-refractivity contribution in [1.82, 2.24) is 5.32 Å². The number of benzene rings is 2. The molecule has 0 unspecified atom stereocenters. The lowest BCUT2D eigenvalue weighted by Crippen LogP contribution is -2.28. The van der Waals surface area contributed by atoms with Gasteiger partial charge in [0.2, 0.25) is 0 Å². The molecule has 2 N–H and O–H groups in total. The summed E-state index contributed by atoms with van der Waals surface area (Å²) in [6, 6.07) is 7.99. The minimum Gasteiger partial charge on any atom is -0.406 e. The highest BCUT2D eigenvalue weighted by Gasteiger charge is 2.30.